The molecule has 1 fully saturated rings. The van der Waals surface area contributed by atoms with E-state index in [2.05, 4.69) is 73.1 Å². The highest BCUT2D eigenvalue weighted by Crippen LogP contribution is 2.26. The SMILES string of the molecule is CC(C)(C)C(=O)N1CCCC1C(=O)NC(Cc1ccc2ccccc2c1)C(=O)NCCCNCc1ccc(C(C)(C)C)cc1. The third-order valence-electron chi connectivity index (χ3n) is 8.32. The van der Waals surface area contributed by atoms with E-state index in [4.69, 9.17) is 0 Å². The Hall–Kier alpha value is -3.71. The molecule has 0 bridgehead atoms. The molecule has 1 aliphatic rings. The molecule has 7 nitrogen and oxygen atoms in total. The van der Waals surface area contributed by atoms with Crippen molar-refractivity contribution in [2.45, 2.75) is 91.3 Å². The Morgan fingerprint density at radius 3 is 2.23 bits per heavy atom. The number of benzene rings is 3. The van der Waals surface area contributed by atoms with Crippen molar-refractivity contribution >= 4 is 28.5 Å². The van der Waals surface area contributed by atoms with Gasteiger partial charge in [-0.2, -0.15) is 0 Å². The molecule has 3 aromatic rings. The molecule has 3 N–H and O–H groups in total. The van der Waals surface area contributed by atoms with Crippen LogP contribution in [0.5, 0.6) is 0 Å². The standard InChI is InChI=1S/C37H50N4O3/c1-36(2,3)30-18-15-26(16-19-30)25-38-20-10-21-39-33(42)31(24-27-14-17-28-11-7-8-12-29(28)23-27)40-34(43)32-13-9-22-41(32)35(44)37(4,5)6/h7-8,11-12,14-19,23,31-32,38H,9-10,13,20-22,24-25H2,1-6H3,(H,39,42)(H,40,43). The largest absolute Gasteiger partial charge is 0.354 e. The van der Waals surface area contributed by atoms with Gasteiger partial charge in [0.25, 0.3) is 0 Å². The number of nitrogens with zero attached hydrogens (tertiary/aromatic N) is 1. The predicted octanol–water partition coefficient (Wildman–Crippen LogP) is 5.50. The fourth-order valence-electron chi connectivity index (χ4n) is 5.70. The molecule has 3 aromatic carbocycles. The van der Waals surface area contributed by atoms with Gasteiger partial charge in [0.15, 0.2) is 0 Å². The Morgan fingerprint density at radius 2 is 1.55 bits per heavy atom. The topological polar surface area (TPSA) is 90.5 Å². The van der Waals surface area contributed by atoms with Crippen molar-refractivity contribution in [3.63, 3.8) is 0 Å². The molecule has 1 heterocycles. The number of hydrogen-bond donors (Lipinski definition) is 3. The van der Waals surface area contributed by atoms with Gasteiger partial charge in [0.2, 0.25) is 17.7 Å². The summed E-state index contributed by atoms with van der Waals surface area (Å²) in [6, 6.07) is 21.6. The van der Waals surface area contributed by atoms with E-state index in [1.165, 1.54) is 11.1 Å². The molecule has 7 heteroatoms. The van der Waals surface area contributed by atoms with Crippen LogP contribution in [0, 0.1) is 5.41 Å². The van der Waals surface area contributed by atoms with Crippen molar-refractivity contribution in [2.24, 2.45) is 5.41 Å². The van der Waals surface area contributed by atoms with E-state index in [1.807, 2.05) is 51.1 Å². The average Bonchev–Trinajstić information content (AvgIpc) is 3.47. The Balaban J connectivity index is 1.35. The number of carbonyl (C=O) groups excluding carboxylic acids is 3. The fraction of sp³-hybridized carbons (Fsp3) is 0.486. The number of rotatable bonds is 11. The highest BCUT2D eigenvalue weighted by molar-refractivity contribution is 5.93. The quantitative estimate of drug-likeness (QED) is 0.255. The maximum atomic E-state index is 13.5. The van der Waals surface area contributed by atoms with Gasteiger partial charge < -0.3 is 20.9 Å². The molecule has 0 radical (unpaired) electrons. The number of fused-ring (bicyclic) bond motifs is 1. The lowest BCUT2D eigenvalue weighted by Crippen LogP contribution is -2.55. The minimum absolute atomic E-state index is 0.0386. The second-order valence-corrected chi connectivity index (χ2v) is 14.1. The van der Waals surface area contributed by atoms with Gasteiger partial charge in [0, 0.05) is 31.5 Å². The van der Waals surface area contributed by atoms with Crippen LogP contribution in [0.15, 0.2) is 66.7 Å². The van der Waals surface area contributed by atoms with E-state index < -0.39 is 17.5 Å². The van der Waals surface area contributed by atoms with Gasteiger partial charge in [-0.3, -0.25) is 14.4 Å². The van der Waals surface area contributed by atoms with Crippen molar-refractivity contribution in [3.05, 3.63) is 83.4 Å². The van der Waals surface area contributed by atoms with E-state index >= 15 is 0 Å². The van der Waals surface area contributed by atoms with E-state index in [0.717, 1.165) is 42.3 Å². The first-order chi connectivity index (χ1) is 20.8. The Morgan fingerprint density at radius 1 is 0.864 bits per heavy atom. The van der Waals surface area contributed by atoms with Crippen LogP contribution in [0.3, 0.4) is 0 Å². The van der Waals surface area contributed by atoms with Gasteiger partial charge in [-0.25, -0.2) is 0 Å². The molecule has 0 spiro atoms. The first kappa shape index (κ1) is 33.2. The van der Waals surface area contributed by atoms with Gasteiger partial charge in [-0.05, 0) is 58.7 Å². The average molecular weight is 599 g/mol. The highest BCUT2D eigenvalue weighted by atomic mass is 16.2. The van der Waals surface area contributed by atoms with Crippen LogP contribution < -0.4 is 16.0 Å². The van der Waals surface area contributed by atoms with Crippen LogP contribution in [0.25, 0.3) is 10.8 Å². The molecule has 0 aliphatic carbocycles. The zero-order chi connectivity index (χ0) is 31.9. The monoisotopic (exact) mass is 598 g/mol. The van der Waals surface area contributed by atoms with Gasteiger partial charge in [-0.1, -0.05) is 108 Å². The van der Waals surface area contributed by atoms with Gasteiger partial charge in [-0.15, -0.1) is 0 Å². The summed E-state index contributed by atoms with van der Waals surface area (Å²) in [6.45, 7) is 14.8. The van der Waals surface area contributed by atoms with E-state index in [9.17, 15) is 14.4 Å². The van der Waals surface area contributed by atoms with Crippen LogP contribution >= 0.6 is 0 Å². The third kappa shape index (κ3) is 8.91. The van der Waals surface area contributed by atoms with Crippen LogP contribution in [0.1, 0.15) is 77.5 Å². The summed E-state index contributed by atoms with van der Waals surface area (Å²) in [5.74, 6) is -0.514. The predicted molar refractivity (Wildman–Crippen MR) is 178 cm³/mol. The molecule has 3 amide bonds. The van der Waals surface area contributed by atoms with Crippen LogP contribution in [-0.2, 0) is 32.8 Å². The van der Waals surface area contributed by atoms with Crippen LogP contribution in [0.4, 0.5) is 0 Å². The first-order valence-corrected chi connectivity index (χ1v) is 16.0. The number of hydrogen-bond acceptors (Lipinski definition) is 4. The minimum atomic E-state index is -0.745. The summed E-state index contributed by atoms with van der Waals surface area (Å²) in [5, 5.41) is 11.7. The Kier molecular flexibility index (Phi) is 10.8. The smallest absolute Gasteiger partial charge is 0.243 e. The van der Waals surface area contributed by atoms with Crippen molar-refractivity contribution in [1.82, 2.24) is 20.9 Å². The zero-order valence-corrected chi connectivity index (χ0v) is 27.3. The summed E-state index contributed by atoms with van der Waals surface area (Å²) in [7, 11) is 0. The maximum absolute atomic E-state index is 13.5. The minimum Gasteiger partial charge on any atom is -0.354 e. The van der Waals surface area contributed by atoms with Crippen LogP contribution in [-0.4, -0.2) is 54.3 Å². The van der Waals surface area contributed by atoms with Crippen molar-refractivity contribution in [2.75, 3.05) is 19.6 Å². The highest BCUT2D eigenvalue weighted by Gasteiger charge is 2.39. The molecule has 1 aliphatic heterocycles. The summed E-state index contributed by atoms with van der Waals surface area (Å²) < 4.78 is 0. The molecular weight excluding hydrogens is 548 g/mol. The van der Waals surface area contributed by atoms with E-state index in [-0.39, 0.29) is 23.1 Å². The lowest BCUT2D eigenvalue weighted by Gasteiger charge is -2.31. The number of likely N-dealkylation sites (tertiary alicyclic amines) is 1. The molecule has 2 atom stereocenters. The number of nitrogens with one attached hydrogen (secondary N) is 3. The molecule has 2 unspecified atom stereocenters. The molecule has 4 rings (SSSR count). The first-order valence-electron chi connectivity index (χ1n) is 16.0. The number of carbonyl (C=O) groups is 3. The second kappa shape index (κ2) is 14.4. The molecule has 236 valence electrons. The summed E-state index contributed by atoms with van der Waals surface area (Å²) in [6.07, 6.45) is 2.50. The molecule has 0 aromatic heterocycles. The normalized spacial score (nSPS) is 16.1. The molecule has 0 saturated carbocycles. The molecule has 1 saturated heterocycles. The van der Waals surface area contributed by atoms with E-state index in [0.29, 0.717) is 25.9 Å². The lowest BCUT2D eigenvalue weighted by atomic mass is 9.87. The Labute approximate surface area is 263 Å². The van der Waals surface area contributed by atoms with E-state index in [1.54, 1.807) is 4.90 Å². The van der Waals surface area contributed by atoms with Crippen molar-refractivity contribution < 1.29 is 14.4 Å². The van der Waals surface area contributed by atoms with Gasteiger partial charge >= 0.3 is 0 Å². The lowest BCUT2D eigenvalue weighted by molar-refractivity contribution is -0.145. The summed E-state index contributed by atoms with van der Waals surface area (Å²) >= 11 is 0. The van der Waals surface area contributed by atoms with Crippen molar-refractivity contribution in [3.8, 4) is 0 Å². The maximum Gasteiger partial charge on any atom is 0.243 e. The molecule has 44 heavy (non-hydrogen) atoms. The molecular formula is C37H50N4O3. The summed E-state index contributed by atoms with van der Waals surface area (Å²) in [5.41, 5.74) is 3.07. The fourth-order valence-corrected chi connectivity index (χ4v) is 5.70. The van der Waals surface area contributed by atoms with Crippen molar-refractivity contribution in [1.29, 1.82) is 0 Å². The van der Waals surface area contributed by atoms with Gasteiger partial charge in [0.1, 0.15) is 12.1 Å². The third-order valence-corrected chi connectivity index (χ3v) is 8.32. The Bertz CT molecular complexity index is 1440. The summed E-state index contributed by atoms with van der Waals surface area (Å²) in [4.78, 5) is 41.7. The number of amides is 3. The van der Waals surface area contributed by atoms with Gasteiger partial charge in [0.05, 0.1) is 0 Å². The zero-order valence-electron chi connectivity index (χ0n) is 27.3. The second-order valence-electron chi connectivity index (χ2n) is 14.1. The van der Waals surface area contributed by atoms with Crippen LogP contribution in [0.2, 0.25) is 0 Å².